The molecule has 8 nitrogen and oxygen atoms in total. The number of methoxy groups -OCH3 is 3. The molecule has 3 aromatic rings. The molecule has 158 valence electrons. The predicted octanol–water partition coefficient (Wildman–Crippen LogP) is 3.21. The first-order valence-corrected chi connectivity index (χ1v) is 10.2. The molecule has 0 aliphatic heterocycles. The molecule has 30 heavy (non-hydrogen) atoms. The molecule has 2 aromatic carbocycles. The van der Waals surface area contributed by atoms with Crippen molar-refractivity contribution in [1.82, 2.24) is 15.5 Å². The fourth-order valence-corrected chi connectivity index (χ4v) is 3.27. The zero-order chi connectivity index (χ0) is 21.3. The van der Waals surface area contributed by atoms with E-state index in [1.54, 1.807) is 21.3 Å². The maximum Gasteiger partial charge on any atom is 0.277 e. The molecule has 3 rings (SSSR count). The van der Waals surface area contributed by atoms with Gasteiger partial charge in [0.05, 0.1) is 27.1 Å². The molecule has 9 heteroatoms. The molecule has 0 bridgehead atoms. The molecule has 0 spiro atoms. The number of aromatic nitrogens is 2. The fourth-order valence-electron chi connectivity index (χ4n) is 2.68. The standard InChI is InChI=1S/C21H23N3O5S/c1-26-16-7-5-15(6-8-16)20-23-24-21(29-20)30-13-19(25)22-11-10-14-4-9-17(27-2)18(12-14)28-3/h4-9,12H,10-11,13H2,1-3H3,(H,22,25). The normalized spacial score (nSPS) is 10.5. The first-order valence-electron chi connectivity index (χ1n) is 9.21. The summed E-state index contributed by atoms with van der Waals surface area (Å²) in [4.78, 5) is 12.1. The quantitative estimate of drug-likeness (QED) is 0.491. The van der Waals surface area contributed by atoms with Crippen molar-refractivity contribution in [2.24, 2.45) is 0 Å². The molecule has 0 unspecified atom stereocenters. The van der Waals surface area contributed by atoms with E-state index in [9.17, 15) is 4.79 Å². The van der Waals surface area contributed by atoms with Crippen molar-refractivity contribution < 1.29 is 23.4 Å². The van der Waals surface area contributed by atoms with E-state index < -0.39 is 0 Å². The summed E-state index contributed by atoms with van der Waals surface area (Å²) in [5.41, 5.74) is 1.83. The predicted molar refractivity (Wildman–Crippen MR) is 113 cm³/mol. The zero-order valence-corrected chi connectivity index (χ0v) is 17.8. The molecule has 0 aliphatic carbocycles. The van der Waals surface area contributed by atoms with Crippen LogP contribution in [0.15, 0.2) is 52.1 Å². The Bertz CT molecular complexity index is 975. The maximum absolute atomic E-state index is 12.1. The lowest BCUT2D eigenvalue weighted by Crippen LogP contribution is -2.27. The lowest BCUT2D eigenvalue weighted by atomic mass is 10.1. The molecule has 0 saturated heterocycles. The fraction of sp³-hybridized carbons (Fsp3) is 0.286. The smallest absolute Gasteiger partial charge is 0.277 e. The Morgan fingerprint density at radius 1 is 1.00 bits per heavy atom. The number of amides is 1. The van der Waals surface area contributed by atoms with Crippen molar-refractivity contribution in [3.8, 4) is 28.7 Å². The van der Waals surface area contributed by atoms with Crippen LogP contribution in [-0.4, -0.2) is 49.7 Å². The number of nitrogens with zero attached hydrogens (tertiary/aromatic N) is 2. The van der Waals surface area contributed by atoms with Crippen molar-refractivity contribution >= 4 is 17.7 Å². The van der Waals surface area contributed by atoms with Gasteiger partial charge in [-0.2, -0.15) is 0 Å². The van der Waals surface area contributed by atoms with Crippen molar-refractivity contribution in [3.63, 3.8) is 0 Å². The van der Waals surface area contributed by atoms with E-state index in [1.165, 1.54) is 11.8 Å². The second kappa shape index (κ2) is 10.5. The minimum atomic E-state index is -0.107. The van der Waals surface area contributed by atoms with Crippen LogP contribution >= 0.6 is 11.8 Å². The lowest BCUT2D eigenvalue weighted by molar-refractivity contribution is -0.118. The average molecular weight is 429 g/mol. The molecule has 0 atom stereocenters. The van der Waals surface area contributed by atoms with Gasteiger partial charge in [0.15, 0.2) is 11.5 Å². The summed E-state index contributed by atoms with van der Waals surface area (Å²) < 4.78 is 21.3. The van der Waals surface area contributed by atoms with Crippen molar-refractivity contribution in [3.05, 3.63) is 48.0 Å². The molecule has 1 N–H and O–H groups in total. The van der Waals surface area contributed by atoms with Gasteiger partial charge in [-0.05, 0) is 48.4 Å². The molecule has 0 aliphatic rings. The van der Waals surface area contributed by atoms with Crippen LogP contribution in [-0.2, 0) is 11.2 Å². The van der Waals surface area contributed by atoms with E-state index in [-0.39, 0.29) is 11.7 Å². The second-order valence-electron chi connectivity index (χ2n) is 6.18. The topological polar surface area (TPSA) is 95.7 Å². The number of carbonyl (C=O) groups excluding carboxylic acids is 1. The maximum atomic E-state index is 12.1. The largest absolute Gasteiger partial charge is 0.497 e. The van der Waals surface area contributed by atoms with Gasteiger partial charge in [-0.15, -0.1) is 10.2 Å². The highest BCUT2D eigenvalue weighted by Crippen LogP contribution is 2.27. The van der Waals surface area contributed by atoms with Gasteiger partial charge in [0.2, 0.25) is 11.8 Å². The first-order chi connectivity index (χ1) is 14.6. The molecule has 1 amide bonds. The van der Waals surface area contributed by atoms with E-state index in [0.717, 1.165) is 16.9 Å². The lowest BCUT2D eigenvalue weighted by Gasteiger charge is -2.10. The average Bonchev–Trinajstić information content (AvgIpc) is 3.26. The Balaban J connectivity index is 1.44. The molecular weight excluding hydrogens is 406 g/mol. The van der Waals surface area contributed by atoms with Crippen LogP contribution in [0.25, 0.3) is 11.5 Å². The van der Waals surface area contributed by atoms with Gasteiger partial charge < -0.3 is 23.9 Å². The molecule has 1 heterocycles. The van der Waals surface area contributed by atoms with Crippen LogP contribution in [0.1, 0.15) is 5.56 Å². The van der Waals surface area contributed by atoms with E-state index in [0.29, 0.717) is 35.6 Å². The number of nitrogens with one attached hydrogen (secondary N) is 1. The Kier molecular flexibility index (Phi) is 7.56. The van der Waals surface area contributed by atoms with Crippen LogP contribution in [0.3, 0.4) is 0 Å². The van der Waals surface area contributed by atoms with E-state index in [1.807, 2.05) is 42.5 Å². The number of rotatable bonds is 10. The van der Waals surface area contributed by atoms with Crippen molar-refractivity contribution in [2.45, 2.75) is 11.6 Å². The number of hydrogen-bond acceptors (Lipinski definition) is 8. The number of ether oxygens (including phenoxy) is 3. The number of carbonyl (C=O) groups is 1. The van der Waals surface area contributed by atoms with Gasteiger partial charge in [-0.1, -0.05) is 17.8 Å². The van der Waals surface area contributed by atoms with Crippen molar-refractivity contribution in [1.29, 1.82) is 0 Å². The van der Waals surface area contributed by atoms with Crippen molar-refractivity contribution in [2.75, 3.05) is 33.6 Å². The minimum Gasteiger partial charge on any atom is -0.497 e. The number of hydrogen-bond donors (Lipinski definition) is 1. The van der Waals surface area contributed by atoms with Crippen LogP contribution in [0.4, 0.5) is 0 Å². The van der Waals surface area contributed by atoms with Gasteiger partial charge in [0.1, 0.15) is 5.75 Å². The van der Waals surface area contributed by atoms with Gasteiger partial charge in [0, 0.05) is 12.1 Å². The third-order valence-corrected chi connectivity index (χ3v) is 5.07. The number of thioether (sulfide) groups is 1. The molecular formula is C21H23N3O5S. The van der Waals surface area contributed by atoms with E-state index >= 15 is 0 Å². The SMILES string of the molecule is COc1ccc(-c2nnc(SCC(=O)NCCc3ccc(OC)c(OC)c3)o2)cc1. The number of benzene rings is 2. The molecule has 0 radical (unpaired) electrons. The van der Waals surface area contributed by atoms with E-state index in [2.05, 4.69) is 15.5 Å². The summed E-state index contributed by atoms with van der Waals surface area (Å²) in [7, 11) is 4.80. The summed E-state index contributed by atoms with van der Waals surface area (Å²) in [6.45, 7) is 0.510. The van der Waals surface area contributed by atoms with Crippen LogP contribution in [0.5, 0.6) is 17.2 Å². The highest BCUT2D eigenvalue weighted by Gasteiger charge is 2.11. The summed E-state index contributed by atoms with van der Waals surface area (Å²) in [5, 5.41) is 11.2. The molecule has 0 fully saturated rings. The first kappa shape index (κ1) is 21.5. The van der Waals surface area contributed by atoms with Gasteiger partial charge in [0.25, 0.3) is 5.22 Å². The minimum absolute atomic E-state index is 0.107. The highest BCUT2D eigenvalue weighted by atomic mass is 32.2. The summed E-state index contributed by atoms with van der Waals surface area (Å²) in [6, 6.07) is 13.0. The Labute approximate surface area is 178 Å². The molecule has 0 saturated carbocycles. The second-order valence-corrected chi connectivity index (χ2v) is 7.11. The third-order valence-electron chi connectivity index (χ3n) is 4.25. The Morgan fingerprint density at radius 2 is 1.77 bits per heavy atom. The van der Waals surface area contributed by atoms with Gasteiger partial charge in [-0.3, -0.25) is 4.79 Å². The summed E-state index contributed by atoms with van der Waals surface area (Å²) >= 11 is 1.20. The van der Waals surface area contributed by atoms with Crippen LogP contribution in [0, 0.1) is 0 Å². The van der Waals surface area contributed by atoms with Crippen LogP contribution in [0.2, 0.25) is 0 Å². The Morgan fingerprint density at radius 3 is 2.47 bits per heavy atom. The highest BCUT2D eigenvalue weighted by molar-refractivity contribution is 7.99. The van der Waals surface area contributed by atoms with E-state index in [4.69, 9.17) is 18.6 Å². The van der Waals surface area contributed by atoms with Crippen LogP contribution < -0.4 is 19.5 Å². The van der Waals surface area contributed by atoms with Gasteiger partial charge >= 0.3 is 0 Å². The third kappa shape index (κ3) is 5.66. The monoisotopic (exact) mass is 429 g/mol. The Hall–Kier alpha value is -3.20. The zero-order valence-electron chi connectivity index (χ0n) is 17.0. The summed E-state index contributed by atoms with van der Waals surface area (Å²) in [6.07, 6.45) is 0.680. The molecule has 1 aromatic heterocycles. The van der Waals surface area contributed by atoms with Gasteiger partial charge in [-0.25, -0.2) is 0 Å². The summed E-state index contributed by atoms with van der Waals surface area (Å²) in [5.74, 6) is 2.57.